The molecule has 16 heteroatoms. The number of aliphatic hydroxyl groups excluding tert-OH is 1. The standard InChI is InChI=1S/C15H25N7O9/c16-1-9(24)17-2-10(25)18-3-11(26)19-4-12(27)20-5-13(28)21-6-14(29)22-8(7-23)15(30)31/h8,23H,1-7,16H2,(H,17,24)(H,18,25)(H,19,26)(H,20,27)(H,21,28)(H,22,29)(H,30,31)/t8-/m0/s1. The smallest absolute Gasteiger partial charge is 0.328 e. The fraction of sp³-hybridized carbons (Fsp3) is 0.533. The van der Waals surface area contributed by atoms with Crippen molar-refractivity contribution in [2.45, 2.75) is 6.04 Å². The van der Waals surface area contributed by atoms with E-state index in [1.54, 1.807) is 0 Å². The first-order valence-corrected chi connectivity index (χ1v) is 8.75. The molecular weight excluding hydrogens is 422 g/mol. The molecule has 0 bridgehead atoms. The lowest BCUT2D eigenvalue weighted by Crippen LogP contribution is -2.49. The number of carbonyl (C=O) groups is 7. The number of carboxylic acids is 1. The number of amides is 6. The van der Waals surface area contributed by atoms with Gasteiger partial charge in [-0.2, -0.15) is 0 Å². The van der Waals surface area contributed by atoms with Crippen LogP contribution in [0.2, 0.25) is 0 Å². The number of nitrogens with two attached hydrogens (primary N) is 1. The van der Waals surface area contributed by atoms with Crippen LogP contribution in [-0.4, -0.2) is 104 Å². The van der Waals surface area contributed by atoms with E-state index in [0.717, 1.165) is 0 Å². The van der Waals surface area contributed by atoms with Crippen LogP contribution in [0.15, 0.2) is 0 Å². The van der Waals surface area contributed by atoms with Crippen LogP contribution < -0.4 is 37.6 Å². The third-order valence-electron chi connectivity index (χ3n) is 3.23. The summed E-state index contributed by atoms with van der Waals surface area (Å²) >= 11 is 0. The molecule has 0 rings (SSSR count). The summed E-state index contributed by atoms with van der Waals surface area (Å²) in [6.45, 7) is -3.54. The third-order valence-corrected chi connectivity index (χ3v) is 3.23. The van der Waals surface area contributed by atoms with Crippen LogP contribution in [0.5, 0.6) is 0 Å². The van der Waals surface area contributed by atoms with Gasteiger partial charge in [-0.1, -0.05) is 0 Å². The molecule has 174 valence electrons. The Morgan fingerprint density at radius 3 is 1.23 bits per heavy atom. The molecule has 0 aliphatic heterocycles. The number of hydrogen-bond acceptors (Lipinski definition) is 9. The summed E-state index contributed by atoms with van der Waals surface area (Å²) in [7, 11) is 0. The van der Waals surface area contributed by atoms with Gasteiger partial charge in [-0.05, 0) is 0 Å². The van der Waals surface area contributed by atoms with Crippen LogP contribution in [0.1, 0.15) is 0 Å². The molecule has 0 spiro atoms. The van der Waals surface area contributed by atoms with Crippen molar-refractivity contribution in [2.24, 2.45) is 5.73 Å². The summed E-state index contributed by atoms with van der Waals surface area (Å²) in [6.07, 6.45) is 0. The van der Waals surface area contributed by atoms with Crippen LogP contribution >= 0.6 is 0 Å². The van der Waals surface area contributed by atoms with Crippen molar-refractivity contribution in [3.63, 3.8) is 0 Å². The van der Waals surface area contributed by atoms with Gasteiger partial charge in [0.25, 0.3) is 0 Å². The molecular formula is C15H25N7O9. The van der Waals surface area contributed by atoms with Gasteiger partial charge in [0.2, 0.25) is 35.4 Å². The van der Waals surface area contributed by atoms with Crippen molar-refractivity contribution in [1.82, 2.24) is 31.9 Å². The van der Waals surface area contributed by atoms with E-state index in [2.05, 4.69) is 26.6 Å². The second-order valence-electron chi connectivity index (χ2n) is 5.73. The minimum Gasteiger partial charge on any atom is -0.480 e. The first-order valence-electron chi connectivity index (χ1n) is 8.75. The van der Waals surface area contributed by atoms with Crippen molar-refractivity contribution in [1.29, 1.82) is 0 Å². The highest BCUT2D eigenvalue weighted by atomic mass is 16.4. The Bertz CT molecular complexity index is 698. The van der Waals surface area contributed by atoms with Gasteiger partial charge in [-0.15, -0.1) is 0 Å². The predicted molar refractivity (Wildman–Crippen MR) is 101 cm³/mol. The van der Waals surface area contributed by atoms with Gasteiger partial charge >= 0.3 is 5.97 Å². The summed E-state index contributed by atoms with van der Waals surface area (Å²) in [5.41, 5.74) is 5.04. The second-order valence-corrected chi connectivity index (χ2v) is 5.73. The molecule has 0 aromatic heterocycles. The van der Waals surface area contributed by atoms with E-state index < -0.39 is 80.2 Å². The molecule has 0 saturated carbocycles. The van der Waals surface area contributed by atoms with Crippen molar-refractivity contribution in [3.05, 3.63) is 0 Å². The van der Waals surface area contributed by atoms with Crippen LogP contribution in [-0.2, 0) is 33.6 Å². The molecule has 1 atom stereocenters. The van der Waals surface area contributed by atoms with E-state index in [1.807, 2.05) is 5.32 Å². The van der Waals surface area contributed by atoms with Crippen LogP contribution in [0.3, 0.4) is 0 Å². The zero-order valence-corrected chi connectivity index (χ0v) is 16.4. The maximum absolute atomic E-state index is 11.6. The molecule has 16 nitrogen and oxygen atoms in total. The Labute approximate surface area is 175 Å². The molecule has 0 aliphatic rings. The van der Waals surface area contributed by atoms with Crippen molar-refractivity contribution in [2.75, 3.05) is 45.9 Å². The fourth-order valence-corrected chi connectivity index (χ4v) is 1.65. The number of rotatable bonds is 14. The van der Waals surface area contributed by atoms with Crippen LogP contribution in [0.4, 0.5) is 0 Å². The summed E-state index contributed by atoms with van der Waals surface area (Å²) in [6, 6.07) is -1.51. The van der Waals surface area contributed by atoms with Crippen LogP contribution in [0.25, 0.3) is 0 Å². The summed E-state index contributed by atoms with van der Waals surface area (Å²) in [4.78, 5) is 79.0. The van der Waals surface area contributed by atoms with Gasteiger partial charge < -0.3 is 47.8 Å². The highest BCUT2D eigenvalue weighted by Gasteiger charge is 2.18. The van der Waals surface area contributed by atoms with E-state index in [-0.39, 0.29) is 13.1 Å². The predicted octanol–water partition coefficient (Wildman–Crippen LogP) is -6.91. The van der Waals surface area contributed by atoms with E-state index in [4.69, 9.17) is 15.9 Å². The summed E-state index contributed by atoms with van der Waals surface area (Å²) in [5, 5.41) is 30.2. The molecule has 0 aromatic rings. The quantitative estimate of drug-likeness (QED) is 0.121. The molecule has 0 aromatic carbocycles. The Hall–Kier alpha value is -3.79. The highest BCUT2D eigenvalue weighted by molar-refractivity contribution is 5.92. The second kappa shape index (κ2) is 15.1. The Morgan fingerprint density at radius 2 is 0.935 bits per heavy atom. The Balaban J connectivity index is 3.97. The van der Waals surface area contributed by atoms with Gasteiger partial charge in [0, 0.05) is 0 Å². The lowest BCUT2D eigenvalue weighted by molar-refractivity contribution is -0.142. The number of hydrogen-bond donors (Lipinski definition) is 9. The minimum absolute atomic E-state index is 0.289. The molecule has 0 heterocycles. The van der Waals surface area contributed by atoms with Gasteiger partial charge in [0.15, 0.2) is 0 Å². The number of carbonyl (C=O) groups excluding carboxylic acids is 6. The van der Waals surface area contributed by atoms with Crippen molar-refractivity contribution in [3.8, 4) is 0 Å². The van der Waals surface area contributed by atoms with Gasteiger partial charge in [0.1, 0.15) is 6.04 Å². The summed E-state index contributed by atoms with van der Waals surface area (Å²) < 4.78 is 0. The minimum atomic E-state index is -1.51. The average Bonchev–Trinajstić information content (AvgIpc) is 2.74. The van der Waals surface area contributed by atoms with Crippen LogP contribution in [0, 0.1) is 0 Å². The number of aliphatic carboxylic acids is 1. The molecule has 0 unspecified atom stereocenters. The van der Waals surface area contributed by atoms with Gasteiger partial charge in [-0.3, -0.25) is 28.8 Å². The first kappa shape index (κ1) is 27.2. The zero-order valence-electron chi connectivity index (χ0n) is 16.4. The fourth-order valence-electron chi connectivity index (χ4n) is 1.65. The number of nitrogens with one attached hydrogen (secondary N) is 6. The lowest BCUT2D eigenvalue weighted by atomic mass is 10.3. The Kier molecular flexibility index (Phi) is 13.3. The maximum Gasteiger partial charge on any atom is 0.328 e. The largest absolute Gasteiger partial charge is 0.480 e. The molecule has 31 heavy (non-hydrogen) atoms. The SMILES string of the molecule is NCC(=O)NCC(=O)NCC(=O)NCC(=O)NCC(=O)NCC(=O)N[C@@H](CO)C(=O)O. The van der Waals surface area contributed by atoms with E-state index >= 15 is 0 Å². The third kappa shape index (κ3) is 13.9. The summed E-state index contributed by atoms with van der Waals surface area (Å²) in [5.74, 6) is -5.70. The number of carboxylic acid groups (broad SMARTS) is 1. The molecule has 0 saturated heterocycles. The lowest BCUT2D eigenvalue weighted by Gasteiger charge is -2.12. The van der Waals surface area contributed by atoms with E-state index in [9.17, 15) is 33.6 Å². The van der Waals surface area contributed by atoms with Crippen molar-refractivity contribution < 1.29 is 43.8 Å². The normalized spacial score (nSPS) is 10.8. The molecule has 0 aliphatic carbocycles. The topological polar surface area (TPSA) is 258 Å². The first-order chi connectivity index (χ1) is 14.6. The van der Waals surface area contributed by atoms with E-state index in [1.165, 1.54) is 0 Å². The van der Waals surface area contributed by atoms with E-state index in [0.29, 0.717) is 0 Å². The molecule has 10 N–H and O–H groups in total. The highest BCUT2D eigenvalue weighted by Crippen LogP contribution is 1.82. The van der Waals surface area contributed by atoms with Gasteiger partial charge in [0.05, 0.1) is 45.9 Å². The molecule has 0 fully saturated rings. The monoisotopic (exact) mass is 447 g/mol. The molecule has 6 amide bonds. The van der Waals surface area contributed by atoms with Gasteiger partial charge in [-0.25, -0.2) is 4.79 Å². The Morgan fingerprint density at radius 1 is 0.613 bits per heavy atom. The van der Waals surface area contributed by atoms with Crippen molar-refractivity contribution >= 4 is 41.4 Å². The average molecular weight is 447 g/mol. The molecule has 0 radical (unpaired) electrons. The zero-order chi connectivity index (χ0) is 23.8. The number of aliphatic hydroxyl groups is 1. The maximum atomic E-state index is 11.6.